The number of H-pyrrole nitrogens is 1. The molecule has 3 aromatic heterocycles. The summed E-state index contributed by atoms with van der Waals surface area (Å²) in [6.07, 6.45) is 1.92. The molecule has 2 N–H and O–H groups in total. The molecule has 28 heavy (non-hydrogen) atoms. The van der Waals surface area contributed by atoms with Crippen molar-refractivity contribution in [2.45, 2.75) is 13.5 Å². The molecule has 0 aliphatic carbocycles. The van der Waals surface area contributed by atoms with E-state index in [-0.39, 0.29) is 5.91 Å². The summed E-state index contributed by atoms with van der Waals surface area (Å²) in [7, 11) is 0. The predicted octanol–water partition coefficient (Wildman–Crippen LogP) is 4.18. The maximum Gasteiger partial charge on any atom is 0.269 e. The molecule has 0 saturated heterocycles. The summed E-state index contributed by atoms with van der Waals surface area (Å²) in [6, 6.07) is 15.9. The highest BCUT2D eigenvalue weighted by Crippen LogP contribution is 2.26. The van der Waals surface area contributed by atoms with E-state index in [1.165, 1.54) is 11.3 Å². The average Bonchev–Trinajstić information content (AvgIpc) is 3.39. The number of para-hydroxylation sites is 2. The lowest BCUT2D eigenvalue weighted by Crippen LogP contribution is -2.24. The number of rotatable bonds is 4. The van der Waals surface area contributed by atoms with Gasteiger partial charge in [-0.2, -0.15) is 0 Å². The Bertz CT molecular complexity index is 1280. The zero-order valence-corrected chi connectivity index (χ0v) is 16.0. The molecular formula is C21H17N5OS. The molecule has 0 bridgehead atoms. The number of hydrogen-bond acceptors (Lipinski definition) is 4. The largest absolute Gasteiger partial charge is 0.344 e. The second-order valence-corrected chi connectivity index (χ2v) is 7.43. The van der Waals surface area contributed by atoms with Crippen molar-refractivity contribution in [3.05, 3.63) is 77.2 Å². The fourth-order valence-electron chi connectivity index (χ4n) is 3.28. The third-order valence-corrected chi connectivity index (χ3v) is 5.56. The van der Waals surface area contributed by atoms with Crippen molar-refractivity contribution in [2.24, 2.45) is 0 Å². The Labute approximate surface area is 164 Å². The highest BCUT2D eigenvalue weighted by Gasteiger charge is 2.16. The molecule has 0 spiro atoms. The molecule has 3 heterocycles. The number of imidazole rings is 2. The standard InChI is InChI=1S/C21H17N5OS/c1-13-6-2-3-7-14(13)17-11-26-18(12-28-21(26)25-17)20(27)22-10-19-23-15-8-4-5-9-16(15)24-19/h2-9,11-12H,10H2,1H3,(H,22,27)(H,23,24). The number of aryl methyl sites for hydroxylation is 1. The van der Waals surface area contributed by atoms with Crippen LogP contribution in [0, 0.1) is 6.92 Å². The Balaban J connectivity index is 1.39. The van der Waals surface area contributed by atoms with Crippen LogP contribution in [-0.4, -0.2) is 25.3 Å². The smallest absolute Gasteiger partial charge is 0.269 e. The summed E-state index contributed by atoms with van der Waals surface area (Å²) in [4.78, 5) is 25.9. The summed E-state index contributed by atoms with van der Waals surface area (Å²) in [5.74, 6) is 0.577. The minimum absolute atomic E-state index is 0.152. The van der Waals surface area contributed by atoms with Gasteiger partial charge in [0.25, 0.3) is 5.91 Å². The van der Waals surface area contributed by atoms with Crippen LogP contribution in [0.2, 0.25) is 0 Å². The van der Waals surface area contributed by atoms with E-state index in [2.05, 4.69) is 33.3 Å². The zero-order chi connectivity index (χ0) is 19.1. The summed E-state index contributed by atoms with van der Waals surface area (Å²) in [5.41, 5.74) is 5.53. The number of aromatic amines is 1. The third-order valence-electron chi connectivity index (χ3n) is 4.72. The number of hydrogen-bond donors (Lipinski definition) is 2. The molecule has 5 aromatic rings. The van der Waals surface area contributed by atoms with Crippen LogP contribution in [0.3, 0.4) is 0 Å². The van der Waals surface area contributed by atoms with Gasteiger partial charge in [-0.1, -0.05) is 36.4 Å². The van der Waals surface area contributed by atoms with Gasteiger partial charge in [-0.25, -0.2) is 9.97 Å². The second-order valence-electron chi connectivity index (χ2n) is 6.60. The normalized spacial score (nSPS) is 11.3. The molecule has 7 heteroatoms. The SMILES string of the molecule is Cc1ccccc1-c1cn2c(C(=O)NCc3nc4ccccc4[nH]3)csc2n1. The lowest BCUT2D eigenvalue weighted by Gasteiger charge is -2.02. The fourth-order valence-corrected chi connectivity index (χ4v) is 4.13. The van der Waals surface area contributed by atoms with Crippen LogP contribution in [0.1, 0.15) is 21.9 Å². The van der Waals surface area contributed by atoms with E-state index in [0.717, 1.165) is 38.6 Å². The number of amides is 1. The van der Waals surface area contributed by atoms with Gasteiger partial charge in [-0.15, -0.1) is 11.3 Å². The molecule has 1 amide bonds. The van der Waals surface area contributed by atoms with Crippen LogP contribution in [0.15, 0.2) is 60.1 Å². The summed E-state index contributed by atoms with van der Waals surface area (Å²) in [5, 5.41) is 4.77. The monoisotopic (exact) mass is 387 g/mol. The molecule has 0 saturated carbocycles. The van der Waals surface area contributed by atoms with E-state index in [4.69, 9.17) is 0 Å². The van der Waals surface area contributed by atoms with Crippen molar-refractivity contribution in [2.75, 3.05) is 0 Å². The molecule has 138 valence electrons. The number of nitrogens with zero attached hydrogens (tertiary/aromatic N) is 3. The van der Waals surface area contributed by atoms with Gasteiger partial charge in [0.1, 0.15) is 11.5 Å². The highest BCUT2D eigenvalue weighted by molar-refractivity contribution is 7.15. The quantitative estimate of drug-likeness (QED) is 0.486. The Morgan fingerprint density at radius 1 is 1.14 bits per heavy atom. The zero-order valence-electron chi connectivity index (χ0n) is 15.1. The van der Waals surface area contributed by atoms with Gasteiger partial charge in [0, 0.05) is 17.1 Å². The lowest BCUT2D eigenvalue weighted by atomic mass is 10.1. The van der Waals surface area contributed by atoms with E-state index in [1.54, 1.807) is 0 Å². The van der Waals surface area contributed by atoms with Crippen molar-refractivity contribution in [3.8, 4) is 11.3 Å². The minimum Gasteiger partial charge on any atom is -0.344 e. The first-order valence-electron chi connectivity index (χ1n) is 8.93. The van der Waals surface area contributed by atoms with Crippen molar-refractivity contribution in [1.29, 1.82) is 0 Å². The van der Waals surface area contributed by atoms with Gasteiger partial charge in [-0.3, -0.25) is 9.20 Å². The van der Waals surface area contributed by atoms with Crippen molar-refractivity contribution < 1.29 is 4.79 Å². The molecule has 0 aliphatic rings. The van der Waals surface area contributed by atoms with Gasteiger partial charge in [-0.05, 0) is 24.6 Å². The first-order valence-corrected chi connectivity index (χ1v) is 9.81. The Morgan fingerprint density at radius 3 is 2.82 bits per heavy atom. The van der Waals surface area contributed by atoms with Crippen LogP contribution in [0.5, 0.6) is 0 Å². The first kappa shape index (κ1) is 16.7. The molecular weight excluding hydrogens is 370 g/mol. The van der Waals surface area contributed by atoms with Crippen molar-refractivity contribution in [3.63, 3.8) is 0 Å². The molecule has 5 rings (SSSR count). The molecule has 0 aliphatic heterocycles. The molecule has 6 nitrogen and oxygen atoms in total. The summed E-state index contributed by atoms with van der Waals surface area (Å²) in [6.45, 7) is 2.40. The molecule has 0 fully saturated rings. The van der Waals surface area contributed by atoms with E-state index < -0.39 is 0 Å². The van der Waals surface area contributed by atoms with Gasteiger partial charge in [0.15, 0.2) is 4.96 Å². The minimum atomic E-state index is -0.152. The van der Waals surface area contributed by atoms with Crippen molar-refractivity contribution in [1.82, 2.24) is 24.7 Å². The second kappa shape index (κ2) is 6.61. The number of aromatic nitrogens is 4. The average molecular weight is 387 g/mol. The summed E-state index contributed by atoms with van der Waals surface area (Å²) < 4.78 is 1.85. The van der Waals surface area contributed by atoms with E-state index in [1.807, 2.05) is 58.4 Å². The van der Waals surface area contributed by atoms with E-state index in [9.17, 15) is 4.79 Å². The number of fused-ring (bicyclic) bond motifs is 2. The fraction of sp³-hybridized carbons (Fsp3) is 0.0952. The number of carbonyl (C=O) groups excluding carboxylic acids is 1. The van der Waals surface area contributed by atoms with Crippen LogP contribution in [0.4, 0.5) is 0 Å². The van der Waals surface area contributed by atoms with E-state index in [0.29, 0.717) is 12.2 Å². The lowest BCUT2D eigenvalue weighted by molar-refractivity contribution is 0.0944. The Kier molecular flexibility index (Phi) is 3.95. The van der Waals surface area contributed by atoms with Crippen LogP contribution in [0.25, 0.3) is 27.3 Å². The number of benzene rings is 2. The number of carbonyl (C=O) groups is 1. The topological polar surface area (TPSA) is 75.1 Å². The number of nitrogens with one attached hydrogen (secondary N) is 2. The number of thiazole rings is 1. The third kappa shape index (κ3) is 2.86. The maximum absolute atomic E-state index is 12.7. The maximum atomic E-state index is 12.7. The highest BCUT2D eigenvalue weighted by atomic mass is 32.1. The van der Waals surface area contributed by atoms with Crippen LogP contribution >= 0.6 is 11.3 Å². The molecule has 0 radical (unpaired) electrons. The molecule has 0 unspecified atom stereocenters. The van der Waals surface area contributed by atoms with Gasteiger partial charge in [0.2, 0.25) is 0 Å². The first-order chi connectivity index (χ1) is 13.7. The van der Waals surface area contributed by atoms with Crippen LogP contribution < -0.4 is 5.32 Å². The Morgan fingerprint density at radius 2 is 1.96 bits per heavy atom. The van der Waals surface area contributed by atoms with Gasteiger partial charge in [0.05, 0.1) is 23.3 Å². The summed E-state index contributed by atoms with van der Waals surface area (Å²) >= 11 is 1.46. The van der Waals surface area contributed by atoms with Gasteiger partial charge >= 0.3 is 0 Å². The predicted molar refractivity (Wildman–Crippen MR) is 111 cm³/mol. The molecule has 0 atom stereocenters. The van der Waals surface area contributed by atoms with Gasteiger partial charge < -0.3 is 10.3 Å². The Hall–Kier alpha value is -3.45. The van der Waals surface area contributed by atoms with Crippen LogP contribution in [-0.2, 0) is 6.54 Å². The molecule has 2 aromatic carbocycles. The van der Waals surface area contributed by atoms with Crippen molar-refractivity contribution >= 4 is 33.2 Å². The van der Waals surface area contributed by atoms with E-state index >= 15 is 0 Å².